The van der Waals surface area contributed by atoms with Crippen molar-refractivity contribution in [2.24, 2.45) is 93.1 Å². The van der Waals surface area contributed by atoms with Crippen molar-refractivity contribution in [1.29, 1.82) is 0 Å². The van der Waals surface area contributed by atoms with Gasteiger partial charge in [0.2, 0.25) is 0 Å². The van der Waals surface area contributed by atoms with E-state index in [4.69, 9.17) is 0 Å². The second-order valence-electron chi connectivity index (χ2n) is 36.2. The third-order valence-electron chi connectivity index (χ3n) is 19.4. The molecule has 0 saturated heterocycles. The van der Waals surface area contributed by atoms with Gasteiger partial charge in [-0.2, -0.15) is 0 Å². The van der Waals surface area contributed by atoms with Crippen molar-refractivity contribution in [3.05, 3.63) is 0 Å². The van der Waals surface area contributed by atoms with E-state index < -0.39 is 5.60 Å². The lowest BCUT2D eigenvalue weighted by Crippen LogP contribution is -2.51. The maximum Gasteiger partial charge on any atom is 0.0698 e. The molecular weight excluding hydrogens is 821 g/mol. The Morgan fingerprint density at radius 2 is 0.618 bits per heavy atom. The molecule has 2 rings (SSSR count). The summed E-state index contributed by atoms with van der Waals surface area (Å²) in [5.41, 5.74) is 5.70. The van der Waals surface area contributed by atoms with Crippen LogP contribution in [0.1, 0.15) is 335 Å². The molecule has 0 aromatic carbocycles. The van der Waals surface area contributed by atoms with Crippen molar-refractivity contribution < 1.29 is 5.11 Å². The Labute approximate surface area is 437 Å². The smallest absolute Gasteiger partial charge is 0.0698 e. The van der Waals surface area contributed by atoms with Gasteiger partial charge in [-0.25, -0.2) is 0 Å². The third kappa shape index (κ3) is 22.6. The van der Waals surface area contributed by atoms with Crippen molar-refractivity contribution in [3.8, 4) is 0 Å². The first-order valence-corrected chi connectivity index (χ1v) is 28.5. The molecule has 1 N–H and O–H groups in total. The van der Waals surface area contributed by atoms with Gasteiger partial charge in [-0.15, -0.1) is 0 Å². The molecule has 0 spiro atoms. The van der Waals surface area contributed by atoms with Crippen molar-refractivity contribution in [2.45, 2.75) is 341 Å². The zero-order chi connectivity index (χ0) is 56.8. The zero-order valence-corrected chi connectivity index (χ0v) is 56.3. The summed E-state index contributed by atoms with van der Waals surface area (Å²) in [7, 11) is 0. The van der Waals surface area contributed by atoms with Crippen LogP contribution < -0.4 is 0 Å². The van der Waals surface area contributed by atoms with Crippen LogP contribution in [0.2, 0.25) is 0 Å². The molecule has 1 atom stereocenters. The summed E-state index contributed by atoms with van der Waals surface area (Å²) in [6.07, 6.45) is 10.1. The van der Waals surface area contributed by atoms with E-state index in [1.54, 1.807) is 0 Å². The Kier molecular flexibility index (Phi) is 26.4. The van der Waals surface area contributed by atoms with Crippen LogP contribution in [-0.2, 0) is 0 Å². The number of aliphatic hydroxyl groups is 1. The lowest BCUT2D eigenvalue weighted by atomic mass is 9.45. The fourth-order valence-corrected chi connectivity index (χ4v) is 12.7. The Morgan fingerprint density at radius 3 is 0.632 bits per heavy atom. The molecule has 0 bridgehead atoms. The molecule has 416 valence electrons. The molecule has 0 heterocycles. The molecule has 0 radical (unpaired) electrons. The summed E-state index contributed by atoms with van der Waals surface area (Å²) in [5.74, 6) is 1.58. The highest BCUT2D eigenvalue weighted by atomic mass is 16.3. The van der Waals surface area contributed by atoms with E-state index in [9.17, 15) is 5.11 Å². The van der Waals surface area contributed by atoms with Crippen molar-refractivity contribution in [3.63, 3.8) is 0 Å². The second kappa shape index (κ2) is 24.1. The maximum absolute atomic E-state index is 10.5. The van der Waals surface area contributed by atoms with Gasteiger partial charge < -0.3 is 5.11 Å². The molecule has 0 aromatic heterocycles. The summed E-state index contributed by atoms with van der Waals surface area (Å²) in [5, 5.41) is 10.5. The lowest BCUT2D eigenvalue weighted by Gasteiger charge is -2.60. The van der Waals surface area contributed by atoms with Crippen molar-refractivity contribution in [1.82, 2.24) is 0 Å². The average molecular weight is 964 g/mol. The minimum absolute atomic E-state index is 0.0327. The van der Waals surface area contributed by atoms with E-state index in [2.05, 4.69) is 284 Å². The van der Waals surface area contributed by atoms with Gasteiger partial charge in [0.1, 0.15) is 0 Å². The molecule has 1 heteroatoms. The Bertz CT molecular complexity index is 1270. The molecule has 2 aliphatic carbocycles. The minimum atomic E-state index is -0.536. The highest BCUT2D eigenvalue weighted by Crippen LogP contribution is 2.68. The van der Waals surface area contributed by atoms with Gasteiger partial charge in [0.05, 0.1) is 5.60 Å². The first-order chi connectivity index (χ1) is 28.8. The van der Waals surface area contributed by atoms with E-state index >= 15 is 0 Å². The summed E-state index contributed by atoms with van der Waals surface area (Å²) >= 11 is 0. The Morgan fingerprint density at radius 1 is 0.368 bits per heavy atom. The predicted molar refractivity (Wildman–Crippen MR) is 318 cm³/mol. The fourth-order valence-electron chi connectivity index (χ4n) is 12.7. The quantitative estimate of drug-likeness (QED) is 0.299. The minimum Gasteiger partial charge on any atom is -0.389 e. The molecular formula is C67H142O. The van der Waals surface area contributed by atoms with E-state index in [0.717, 1.165) is 24.7 Å². The third-order valence-corrected chi connectivity index (χ3v) is 19.4. The molecule has 0 aliphatic heterocycles. The summed E-state index contributed by atoms with van der Waals surface area (Å²) in [4.78, 5) is 0. The molecule has 0 aromatic rings. The van der Waals surface area contributed by atoms with E-state index in [0.29, 0.717) is 70.4 Å². The standard InChI is InChI=1S/C12H26O.C12H24.C11H22.2C11H24.C10H22/c1-8-12(13,11(5,6)7)9-10(2,3)4;1-10(2,3)12(8-7-9-12)11(4,5)6;1-9(2,3)11(7-8-11)10(4,5)6;1-9(2,3)11(7,8)10(4,5)6;1-8-9(10(2,3)4)11(5,6)7;1-8(9(2,3)4)10(5,6)7/h13H,8-9H2,1-7H3;7-9H2,1-6H3;7-8H2,1-6H3;1-8H3;9H,8H2,1-7H3;8H,1-7H3. The Balaban J connectivity index is -0.000000362. The number of hydrogen-bond donors (Lipinski definition) is 1. The van der Waals surface area contributed by atoms with Crippen LogP contribution in [0.25, 0.3) is 0 Å². The van der Waals surface area contributed by atoms with Gasteiger partial charge in [-0.3, -0.25) is 0 Å². The summed E-state index contributed by atoms with van der Waals surface area (Å²) in [6.45, 7) is 94.8. The first-order valence-electron chi connectivity index (χ1n) is 28.5. The van der Waals surface area contributed by atoms with E-state index in [-0.39, 0.29) is 10.8 Å². The molecule has 1 nitrogen and oxygen atoms in total. The van der Waals surface area contributed by atoms with Gasteiger partial charge >= 0.3 is 0 Å². The van der Waals surface area contributed by atoms with Crippen LogP contribution >= 0.6 is 0 Å². The van der Waals surface area contributed by atoms with Gasteiger partial charge in [0.15, 0.2) is 0 Å². The van der Waals surface area contributed by atoms with Gasteiger partial charge in [0, 0.05) is 0 Å². The summed E-state index contributed by atoms with van der Waals surface area (Å²) < 4.78 is 0. The van der Waals surface area contributed by atoms with Crippen molar-refractivity contribution >= 4 is 0 Å². The van der Waals surface area contributed by atoms with Crippen LogP contribution in [0.5, 0.6) is 0 Å². The summed E-state index contributed by atoms with van der Waals surface area (Å²) in [6, 6.07) is 0. The number of hydrogen-bond acceptors (Lipinski definition) is 1. The average Bonchev–Trinajstić information content (AvgIpc) is 3.79. The highest BCUT2D eigenvalue weighted by molar-refractivity contribution is 5.08. The van der Waals surface area contributed by atoms with E-state index in [1.807, 2.05) is 0 Å². The van der Waals surface area contributed by atoms with Crippen LogP contribution in [0.3, 0.4) is 0 Å². The van der Waals surface area contributed by atoms with Gasteiger partial charge in [-0.1, -0.05) is 297 Å². The molecule has 0 amide bonds. The normalized spacial score (nSPS) is 18.4. The van der Waals surface area contributed by atoms with Crippen LogP contribution in [0, 0.1) is 93.1 Å². The topological polar surface area (TPSA) is 20.2 Å². The Hall–Kier alpha value is -0.0400. The second-order valence-corrected chi connectivity index (χ2v) is 36.2. The molecule has 2 fully saturated rings. The molecule has 2 aliphatic rings. The van der Waals surface area contributed by atoms with Gasteiger partial charge in [-0.05, 0) is 132 Å². The van der Waals surface area contributed by atoms with Crippen LogP contribution in [-0.4, -0.2) is 10.7 Å². The fraction of sp³-hybridized carbons (Fsp3) is 1.00. The van der Waals surface area contributed by atoms with Crippen LogP contribution in [0.4, 0.5) is 0 Å². The largest absolute Gasteiger partial charge is 0.389 e. The first kappa shape index (κ1) is 74.5. The lowest BCUT2D eigenvalue weighted by molar-refractivity contribution is -0.100. The molecule has 2 saturated carbocycles. The molecule has 68 heavy (non-hydrogen) atoms. The van der Waals surface area contributed by atoms with Crippen LogP contribution in [0.15, 0.2) is 0 Å². The van der Waals surface area contributed by atoms with Gasteiger partial charge in [0.25, 0.3) is 0 Å². The monoisotopic (exact) mass is 963 g/mol. The maximum atomic E-state index is 10.5. The predicted octanol–water partition coefficient (Wildman–Crippen LogP) is 23.6. The van der Waals surface area contributed by atoms with E-state index in [1.165, 1.54) is 38.5 Å². The highest BCUT2D eigenvalue weighted by Gasteiger charge is 2.58. The zero-order valence-electron chi connectivity index (χ0n) is 56.3. The molecule has 1 unspecified atom stereocenters. The number of rotatable bonds is 3. The SMILES string of the molecule is CC(C(C)(C)C)C(C)(C)C.CC(C)(C)C(C)(C)C(C)(C)C.CC(C)(C)C1(C(C)(C)C)CC1.CC(C)(C)C1(C(C)(C)C)CCC1.CCC(C(C)(C)C)C(C)(C)C.CCC(O)(CC(C)(C)C)C(C)(C)C. The van der Waals surface area contributed by atoms with Crippen molar-refractivity contribution in [2.75, 3.05) is 0 Å².